The number of aromatic nitrogens is 1. The number of nitrogens with zero attached hydrogens (tertiary/aromatic N) is 3. The minimum atomic E-state index is -4.51. The van der Waals surface area contributed by atoms with Gasteiger partial charge in [-0.25, -0.2) is 9.99 Å². The maximum absolute atomic E-state index is 12.8. The highest BCUT2D eigenvalue weighted by Gasteiger charge is 2.33. The van der Waals surface area contributed by atoms with Gasteiger partial charge in [0.1, 0.15) is 10.7 Å². The Morgan fingerprint density at radius 3 is 2.43 bits per heavy atom. The fraction of sp³-hybridized carbons (Fsp3) is 0.500. The van der Waals surface area contributed by atoms with Crippen molar-refractivity contribution in [2.24, 2.45) is 5.73 Å². The maximum atomic E-state index is 12.8. The van der Waals surface area contributed by atoms with E-state index in [0.717, 1.165) is 19.2 Å². The van der Waals surface area contributed by atoms with Crippen LogP contribution in [0.25, 0.3) is 0 Å². The van der Waals surface area contributed by atoms with Crippen LogP contribution in [-0.4, -0.2) is 53.1 Å². The molecule has 0 unspecified atom stereocenters. The average molecular weight is 319 g/mol. The molecule has 3 N–H and O–H groups in total. The minimum absolute atomic E-state index is 0.00727. The summed E-state index contributed by atoms with van der Waals surface area (Å²) in [7, 11) is 1.99. The SMILES string of the molecule is CN1CCN(Nc2nc(C(F)(F)F)ccc2C(N)=S)CC1. The van der Waals surface area contributed by atoms with Gasteiger partial charge in [-0.1, -0.05) is 12.2 Å². The molecule has 1 fully saturated rings. The Balaban J connectivity index is 2.24. The predicted octanol–water partition coefficient (Wildman–Crippen LogP) is 1.31. The van der Waals surface area contributed by atoms with E-state index in [1.54, 1.807) is 0 Å². The zero-order valence-corrected chi connectivity index (χ0v) is 12.3. The van der Waals surface area contributed by atoms with Gasteiger partial charge in [0.05, 0.1) is 5.56 Å². The molecule has 2 heterocycles. The van der Waals surface area contributed by atoms with Gasteiger partial charge in [-0.05, 0) is 19.2 Å². The highest BCUT2D eigenvalue weighted by atomic mass is 32.1. The van der Waals surface area contributed by atoms with Gasteiger partial charge in [0.15, 0.2) is 5.82 Å². The average Bonchev–Trinajstić information content (AvgIpc) is 2.40. The van der Waals surface area contributed by atoms with Crippen LogP contribution in [0.2, 0.25) is 0 Å². The summed E-state index contributed by atoms with van der Waals surface area (Å²) in [5.74, 6) is 0.0434. The molecule has 1 aromatic rings. The summed E-state index contributed by atoms with van der Waals surface area (Å²) in [5, 5.41) is 1.81. The fourth-order valence-electron chi connectivity index (χ4n) is 1.97. The summed E-state index contributed by atoms with van der Waals surface area (Å²) in [6.07, 6.45) is -4.51. The number of pyridine rings is 1. The number of rotatable bonds is 3. The molecule has 2 rings (SSSR count). The van der Waals surface area contributed by atoms with Gasteiger partial charge in [-0.15, -0.1) is 0 Å². The molecule has 116 valence electrons. The Bertz CT molecular complexity index is 526. The zero-order chi connectivity index (χ0) is 15.6. The summed E-state index contributed by atoms with van der Waals surface area (Å²) in [6, 6.07) is 2.13. The van der Waals surface area contributed by atoms with Crippen LogP contribution in [-0.2, 0) is 6.18 Å². The molecule has 0 radical (unpaired) electrons. The third-order valence-corrected chi connectivity index (χ3v) is 3.44. The number of alkyl halides is 3. The van der Waals surface area contributed by atoms with Gasteiger partial charge in [0.25, 0.3) is 0 Å². The number of hydrogen-bond donors (Lipinski definition) is 2. The van der Waals surface area contributed by atoms with Gasteiger partial charge in [-0.2, -0.15) is 13.2 Å². The minimum Gasteiger partial charge on any atom is -0.389 e. The van der Waals surface area contributed by atoms with Crippen LogP contribution >= 0.6 is 12.2 Å². The molecule has 0 aromatic carbocycles. The van der Waals surface area contributed by atoms with Crippen LogP contribution in [0.3, 0.4) is 0 Å². The van der Waals surface area contributed by atoms with E-state index in [-0.39, 0.29) is 10.8 Å². The van der Waals surface area contributed by atoms with E-state index in [9.17, 15) is 13.2 Å². The first-order valence-corrected chi connectivity index (χ1v) is 6.76. The van der Waals surface area contributed by atoms with Crippen molar-refractivity contribution < 1.29 is 13.2 Å². The largest absolute Gasteiger partial charge is 0.433 e. The lowest BCUT2D eigenvalue weighted by Crippen LogP contribution is -2.47. The van der Waals surface area contributed by atoms with Crippen molar-refractivity contribution >= 4 is 23.0 Å². The topological polar surface area (TPSA) is 57.4 Å². The maximum Gasteiger partial charge on any atom is 0.433 e. The van der Waals surface area contributed by atoms with Crippen LogP contribution in [0.4, 0.5) is 19.0 Å². The zero-order valence-electron chi connectivity index (χ0n) is 11.4. The summed E-state index contributed by atoms with van der Waals surface area (Å²) in [4.78, 5) is 5.76. The number of thiocarbonyl (C=S) groups is 1. The molecule has 0 atom stereocenters. The normalized spacial score (nSPS) is 17.7. The summed E-state index contributed by atoms with van der Waals surface area (Å²) < 4.78 is 38.3. The number of likely N-dealkylation sites (N-methyl/N-ethyl adjacent to an activating group) is 1. The van der Waals surface area contributed by atoms with E-state index >= 15 is 0 Å². The van der Waals surface area contributed by atoms with Gasteiger partial charge in [0.2, 0.25) is 0 Å². The molecule has 1 aromatic heterocycles. The van der Waals surface area contributed by atoms with E-state index in [1.165, 1.54) is 6.07 Å². The predicted molar refractivity (Wildman–Crippen MR) is 77.8 cm³/mol. The third-order valence-electron chi connectivity index (χ3n) is 3.22. The molecule has 21 heavy (non-hydrogen) atoms. The molecule has 1 aliphatic heterocycles. The highest BCUT2D eigenvalue weighted by molar-refractivity contribution is 7.80. The lowest BCUT2D eigenvalue weighted by atomic mass is 10.2. The van der Waals surface area contributed by atoms with Crippen molar-refractivity contribution in [1.82, 2.24) is 14.9 Å². The number of piperazine rings is 1. The van der Waals surface area contributed by atoms with Crippen LogP contribution in [0.1, 0.15) is 11.3 Å². The summed E-state index contributed by atoms with van der Waals surface area (Å²) in [5.41, 5.74) is 7.77. The van der Waals surface area contributed by atoms with E-state index in [1.807, 2.05) is 12.1 Å². The molecular weight excluding hydrogens is 303 g/mol. The summed E-state index contributed by atoms with van der Waals surface area (Å²) >= 11 is 4.86. The first-order chi connectivity index (χ1) is 9.77. The highest BCUT2D eigenvalue weighted by Crippen LogP contribution is 2.29. The van der Waals surface area contributed by atoms with E-state index < -0.39 is 11.9 Å². The number of anilines is 1. The van der Waals surface area contributed by atoms with Crippen LogP contribution < -0.4 is 11.2 Å². The van der Waals surface area contributed by atoms with Gasteiger partial charge < -0.3 is 16.1 Å². The Morgan fingerprint density at radius 2 is 1.90 bits per heavy atom. The van der Waals surface area contributed by atoms with Gasteiger partial charge in [-0.3, -0.25) is 0 Å². The molecule has 0 spiro atoms. The Labute approximate surface area is 125 Å². The Hall–Kier alpha value is -1.45. The monoisotopic (exact) mass is 319 g/mol. The number of hydrogen-bond acceptors (Lipinski definition) is 5. The number of nitrogens with two attached hydrogens (primary N) is 1. The van der Waals surface area contributed by atoms with Crippen molar-refractivity contribution in [1.29, 1.82) is 0 Å². The number of hydrazine groups is 1. The molecule has 5 nitrogen and oxygen atoms in total. The molecule has 1 saturated heterocycles. The Kier molecular flexibility index (Phi) is 4.64. The molecule has 0 bridgehead atoms. The van der Waals surface area contributed by atoms with Crippen molar-refractivity contribution in [3.8, 4) is 0 Å². The van der Waals surface area contributed by atoms with Crippen molar-refractivity contribution in [2.45, 2.75) is 6.18 Å². The third kappa shape index (κ3) is 4.02. The van der Waals surface area contributed by atoms with Gasteiger partial charge >= 0.3 is 6.18 Å². The first-order valence-electron chi connectivity index (χ1n) is 6.35. The number of nitrogens with one attached hydrogen (secondary N) is 1. The standard InChI is InChI=1S/C12H16F3N5S/c1-19-4-6-20(7-5-19)18-11-8(10(16)21)2-3-9(17-11)12(13,14)15/h2-3H,4-7H2,1H3,(H2,16,21)(H,17,18). The van der Waals surface area contributed by atoms with Gasteiger partial charge in [0, 0.05) is 26.2 Å². The van der Waals surface area contributed by atoms with Crippen molar-refractivity contribution in [3.63, 3.8) is 0 Å². The van der Waals surface area contributed by atoms with E-state index in [2.05, 4.69) is 15.3 Å². The lowest BCUT2D eigenvalue weighted by Gasteiger charge is -2.33. The summed E-state index contributed by atoms with van der Waals surface area (Å²) in [6.45, 7) is 2.97. The molecule has 1 aliphatic rings. The van der Waals surface area contributed by atoms with Crippen LogP contribution in [0.15, 0.2) is 12.1 Å². The molecule has 0 saturated carbocycles. The fourth-order valence-corrected chi connectivity index (χ4v) is 2.13. The molecular formula is C12H16F3N5S. The first kappa shape index (κ1) is 15.9. The molecule has 0 amide bonds. The number of halogens is 3. The van der Waals surface area contributed by atoms with Crippen LogP contribution in [0.5, 0.6) is 0 Å². The Morgan fingerprint density at radius 1 is 1.29 bits per heavy atom. The van der Waals surface area contributed by atoms with Crippen molar-refractivity contribution in [3.05, 3.63) is 23.4 Å². The molecule has 0 aliphatic carbocycles. The second-order valence-corrected chi connectivity index (χ2v) is 5.30. The second kappa shape index (κ2) is 6.12. The van der Waals surface area contributed by atoms with E-state index in [0.29, 0.717) is 18.7 Å². The van der Waals surface area contributed by atoms with Crippen LogP contribution in [0, 0.1) is 0 Å². The van der Waals surface area contributed by atoms with Crippen molar-refractivity contribution in [2.75, 3.05) is 38.7 Å². The smallest absolute Gasteiger partial charge is 0.389 e. The molecule has 9 heteroatoms. The lowest BCUT2D eigenvalue weighted by molar-refractivity contribution is -0.141. The van der Waals surface area contributed by atoms with E-state index in [4.69, 9.17) is 18.0 Å². The quantitative estimate of drug-likeness (QED) is 0.819. The second-order valence-electron chi connectivity index (χ2n) is 4.86.